The molecule has 0 radical (unpaired) electrons. The zero-order valence-corrected chi connectivity index (χ0v) is 13.8. The van der Waals surface area contributed by atoms with Gasteiger partial charge in [-0.15, -0.1) is 0 Å². The Kier molecular flexibility index (Phi) is 6.71. The lowest BCUT2D eigenvalue weighted by Gasteiger charge is -2.26. The van der Waals surface area contributed by atoms with E-state index >= 15 is 0 Å². The van der Waals surface area contributed by atoms with Crippen molar-refractivity contribution < 1.29 is 14.9 Å². The molecule has 0 bridgehead atoms. The molecule has 4 nitrogen and oxygen atoms in total. The molecule has 0 aliphatic rings. The number of nitrogens with zero attached hydrogens (tertiary/aromatic N) is 1. The average molecular weight is 366 g/mol. The first-order valence-corrected chi connectivity index (χ1v) is 7.96. The number of halogens is 1. The van der Waals surface area contributed by atoms with Gasteiger partial charge in [-0.25, -0.2) is 0 Å². The van der Waals surface area contributed by atoms with Crippen LogP contribution >= 0.6 is 15.9 Å². The topological polar surface area (TPSA) is 52.9 Å². The van der Waals surface area contributed by atoms with Crippen molar-refractivity contribution in [1.29, 1.82) is 0 Å². The van der Waals surface area contributed by atoms with Crippen molar-refractivity contribution in [2.45, 2.75) is 6.10 Å². The smallest absolute Gasteiger partial charge is 0.133 e. The highest BCUT2D eigenvalue weighted by Crippen LogP contribution is 2.24. The summed E-state index contributed by atoms with van der Waals surface area (Å²) in [5, 5.41) is 19.4. The van der Waals surface area contributed by atoms with Crippen molar-refractivity contribution in [2.24, 2.45) is 0 Å². The maximum absolute atomic E-state index is 10.2. The molecule has 0 amide bonds. The molecule has 22 heavy (non-hydrogen) atoms. The van der Waals surface area contributed by atoms with Crippen LogP contribution in [0.15, 0.2) is 59.1 Å². The summed E-state index contributed by atoms with van der Waals surface area (Å²) < 4.78 is 6.49. The van der Waals surface area contributed by atoms with Gasteiger partial charge in [0.2, 0.25) is 0 Å². The van der Waals surface area contributed by atoms with E-state index < -0.39 is 6.10 Å². The van der Waals surface area contributed by atoms with E-state index in [0.29, 0.717) is 18.8 Å². The SMILES string of the molecule is OCCN(CC(O)COc1ccccc1Br)c1ccccc1. The maximum atomic E-state index is 10.2. The Morgan fingerprint density at radius 2 is 1.73 bits per heavy atom. The van der Waals surface area contributed by atoms with Crippen LogP contribution in [0.4, 0.5) is 5.69 Å². The number of rotatable bonds is 8. The summed E-state index contributed by atoms with van der Waals surface area (Å²) in [6, 6.07) is 17.2. The molecule has 0 saturated heterocycles. The van der Waals surface area contributed by atoms with Gasteiger partial charge in [-0.1, -0.05) is 30.3 Å². The molecule has 2 rings (SSSR count). The van der Waals surface area contributed by atoms with E-state index in [4.69, 9.17) is 4.74 Å². The van der Waals surface area contributed by atoms with Crippen LogP contribution in [0.5, 0.6) is 5.75 Å². The second kappa shape index (κ2) is 8.78. The average Bonchev–Trinajstić information content (AvgIpc) is 2.54. The third-order valence-electron chi connectivity index (χ3n) is 3.19. The molecule has 2 aromatic rings. The van der Waals surface area contributed by atoms with Gasteiger partial charge in [0.05, 0.1) is 11.1 Å². The standard InChI is InChI=1S/C17H20BrNO3/c18-16-8-4-5-9-17(16)22-13-15(21)12-19(10-11-20)14-6-2-1-3-7-14/h1-9,15,20-21H,10-13H2. The summed E-state index contributed by atoms with van der Waals surface area (Å²) in [4.78, 5) is 1.94. The molecule has 1 atom stereocenters. The lowest BCUT2D eigenvalue weighted by atomic mass is 10.2. The number of aliphatic hydroxyl groups excluding tert-OH is 2. The molecule has 0 fully saturated rings. The summed E-state index contributed by atoms with van der Waals surface area (Å²) in [5.74, 6) is 0.704. The molecule has 0 aliphatic heterocycles. The molecule has 0 aliphatic carbocycles. The predicted octanol–water partition coefficient (Wildman–Crippen LogP) is 2.69. The van der Waals surface area contributed by atoms with E-state index in [1.54, 1.807) is 0 Å². The van der Waals surface area contributed by atoms with E-state index in [1.807, 2.05) is 59.5 Å². The molecule has 0 saturated carbocycles. The minimum Gasteiger partial charge on any atom is -0.490 e. The fraction of sp³-hybridized carbons (Fsp3) is 0.294. The van der Waals surface area contributed by atoms with Crippen molar-refractivity contribution in [3.63, 3.8) is 0 Å². The van der Waals surface area contributed by atoms with E-state index in [-0.39, 0.29) is 13.2 Å². The van der Waals surface area contributed by atoms with Crippen molar-refractivity contribution >= 4 is 21.6 Å². The van der Waals surface area contributed by atoms with Gasteiger partial charge in [-0.3, -0.25) is 0 Å². The number of aliphatic hydroxyl groups is 2. The van der Waals surface area contributed by atoms with Crippen molar-refractivity contribution in [3.05, 3.63) is 59.1 Å². The highest BCUT2D eigenvalue weighted by Gasteiger charge is 2.13. The van der Waals surface area contributed by atoms with Gasteiger partial charge in [-0.2, -0.15) is 0 Å². The fourth-order valence-electron chi connectivity index (χ4n) is 2.14. The fourth-order valence-corrected chi connectivity index (χ4v) is 2.54. The van der Waals surface area contributed by atoms with Crippen LogP contribution in [-0.2, 0) is 0 Å². The van der Waals surface area contributed by atoms with Crippen LogP contribution in [0, 0.1) is 0 Å². The summed E-state index contributed by atoms with van der Waals surface area (Å²) in [5.41, 5.74) is 0.969. The molecule has 0 heterocycles. The zero-order chi connectivity index (χ0) is 15.8. The molecular formula is C17H20BrNO3. The second-order valence-corrected chi connectivity index (χ2v) is 5.75. The molecule has 0 aromatic heterocycles. The lowest BCUT2D eigenvalue weighted by Crippen LogP contribution is -2.37. The van der Waals surface area contributed by atoms with Crippen molar-refractivity contribution in [3.8, 4) is 5.75 Å². The normalized spacial score (nSPS) is 12.0. The van der Waals surface area contributed by atoms with Gasteiger partial charge in [0.15, 0.2) is 0 Å². The van der Waals surface area contributed by atoms with Crippen LogP contribution in [0.25, 0.3) is 0 Å². The van der Waals surface area contributed by atoms with Gasteiger partial charge in [0.1, 0.15) is 18.5 Å². The molecule has 2 N–H and O–H groups in total. The zero-order valence-electron chi connectivity index (χ0n) is 12.2. The van der Waals surface area contributed by atoms with E-state index in [2.05, 4.69) is 15.9 Å². The van der Waals surface area contributed by atoms with Crippen molar-refractivity contribution in [2.75, 3.05) is 31.2 Å². The molecule has 0 spiro atoms. The molecular weight excluding hydrogens is 346 g/mol. The summed E-state index contributed by atoms with van der Waals surface area (Å²) in [6.45, 7) is 1.09. The number of hydrogen-bond acceptors (Lipinski definition) is 4. The van der Waals surface area contributed by atoms with E-state index in [9.17, 15) is 10.2 Å². The van der Waals surface area contributed by atoms with Gasteiger partial charge in [0.25, 0.3) is 0 Å². The summed E-state index contributed by atoms with van der Waals surface area (Å²) in [7, 11) is 0. The van der Waals surface area contributed by atoms with Gasteiger partial charge >= 0.3 is 0 Å². The highest BCUT2D eigenvalue weighted by molar-refractivity contribution is 9.10. The predicted molar refractivity (Wildman–Crippen MR) is 91.4 cm³/mol. The van der Waals surface area contributed by atoms with Gasteiger partial charge < -0.3 is 19.8 Å². The lowest BCUT2D eigenvalue weighted by molar-refractivity contribution is 0.111. The monoisotopic (exact) mass is 365 g/mol. The Morgan fingerprint density at radius 3 is 2.41 bits per heavy atom. The van der Waals surface area contributed by atoms with Gasteiger partial charge in [-0.05, 0) is 40.2 Å². The Morgan fingerprint density at radius 1 is 1.05 bits per heavy atom. The first kappa shape index (κ1) is 16.8. The largest absolute Gasteiger partial charge is 0.490 e. The quantitative estimate of drug-likeness (QED) is 0.754. The van der Waals surface area contributed by atoms with E-state index in [0.717, 1.165) is 10.2 Å². The molecule has 118 valence electrons. The van der Waals surface area contributed by atoms with Crippen molar-refractivity contribution in [1.82, 2.24) is 0 Å². The van der Waals surface area contributed by atoms with Crippen LogP contribution in [-0.4, -0.2) is 42.6 Å². The van der Waals surface area contributed by atoms with Crippen LogP contribution < -0.4 is 9.64 Å². The number of anilines is 1. The molecule has 5 heteroatoms. The van der Waals surface area contributed by atoms with Gasteiger partial charge in [0, 0.05) is 18.8 Å². The second-order valence-electron chi connectivity index (χ2n) is 4.90. The third-order valence-corrected chi connectivity index (χ3v) is 3.85. The number of ether oxygens (including phenoxy) is 1. The Labute approximate surface area is 139 Å². The number of benzene rings is 2. The van der Waals surface area contributed by atoms with E-state index in [1.165, 1.54) is 0 Å². The van der Waals surface area contributed by atoms with Crippen LogP contribution in [0.3, 0.4) is 0 Å². The minimum absolute atomic E-state index is 0.0344. The summed E-state index contributed by atoms with van der Waals surface area (Å²) >= 11 is 3.41. The number of hydrogen-bond donors (Lipinski definition) is 2. The first-order valence-electron chi connectivity index (χ1n) is 7.17. The Hall–Kier alpha value is -1.56. The maximum Gasteiger partial charge on any atom is 0.133 e. The van der Waals surface area contributed by atoms with Crippen LogP contribution in [0.2, 0.25) is 0 Å². The minimum atomic E-state index is -0.654. The van der Waals surface area contributed by atoms with Crippen LogP contribution in [0.1, 0.15) is 0 Å². The Balaban J connectivity index is 1.91. The summed E-state index contributed by atoms with van der Waals surface area (Å²) in [6.07, 6.45) is -0.654. The number of para-hydroxylation sites is 2. The Bertz CT molecular complexity index is 565. The molecule has 1 unspecified atom stereocenters. The highest BCUT2D eigenvalue weighted by atomic mass is 79.9. The first-order chi connectivity index (χ1) is 10.7. The molecule has 2 aromatic carbocycles. The third kappa shape index (κ3) is 5.02.